The van der Waals surface area contributed by atoms with Gasteiger partial charge >= 0.3 is 18.0 Å². The first-order chi connectivity index (χ1) is 13.1. The van der Waals surface area contributed by atoms with Crippen molar-refractivity contribution >= 4 is 15.6 Å². The Balaban J connectivity index is 1.87. The van der Waals surface area contributed by atoms with Crippen molar-refractivity contribution < 1.29 is 31.1 Å². The van der Waals surface area contributed by atoms with Crippen LogP contribution in [0.25, 0.3) is 11.4 Å². The van der Waals surface area contributed by atoms with E-state index in [-0.39, 0.29) is 22.0 Å². The van der Waals surface area contributed by atoms with Crippen molar-refractivity contribution in [2.75, 3.05) is 6.26 Å². The maximum atomic E-state index is 13.8. The molecule has 0 N–H and O–H groups in total. The van der Waals surface area contributed by atoms with Gasteiger partial charge in [0.15, 0.2) is 0 Å². The standard InChI is InChI=1S/C16H10F4N4O3S/c1-28(26,12-5-3-2-4-10(12)17)24-14(25)11-7-6-9(8-21-11)13-22-15(27-23-13)16(18,19)20/h2-8H,1H3. The number of carbonyl (C=O) groups excluding carboxylic acids is 1. The van der Waals surface area contributed by atoms with Crippen LogP contribution in [0.4, 0.5) is 17.6 Å². The number of amides is 1. The van der Waals surface area contributed by atoms with E-state index in [9.17, 15) is 26.6 Å². The Morgan fingerprint density at radius 3 is 2.46 bits per heavy atom. The fourth-order valence-corrected chi connectivity index (χ4v) is 3.38. The number of pyridine rings is 1. The molecular weight excluding hydrogens is 404 g/mol. The summed E-state index contributed by atoms with van der Waals surface area (Å²) in [6.45, 7) is 0. The molecule has 2 aromatic heterocycles. The van der Waals surface area contributed by atoms with Crippen molar-refractivity contribution in [3.05, 3.63) is 60.0 Å². The van der Waals surface area contributed by atoms with Crippen LogP contribution in [-0.4, -0.2) is 31.5 Å². The van der Waals surface area contributed by atoms with E-state index in [4.69, 9.17) is 0 Å². The number of rotatable bonds is 3. The lowest BCUT2D eigenvalue weighted by Crippen LogP contribution is -2.07. The maximum absolute atomic E-state index is 13.8. The summed E-state index contributed by atoms with van der Waals surface area (Å²) in [6.07, 6.45) is -2.65. The summed E-state index contributed by atoms with van der Waals surface area (Å²) in [5.74, 6) is -3.64. The summed E-state index contributed by atoms with van der Waals surface area (Å²) < 4.78 is 71.5. The van der Waals surface area contributed by atoms with Crippen LogP contribution >= 0.6 is 0 Å². The number of carbonyl (C=O) groups is 1. The predicted molar refractivity (Wildman–Crippen MR) is 88.0 cm³/mol. The van der Waals surface area contributed by atoms with Crippen molar-refractivity contribution in [3.63, 3.8) is 0 Å². The molecule has 7 nitrogen and oxygen atoms in total. The van der Waals surface area contributed by atoms with E-state index in [1.165, 1.54) is 24.3 Å². The Kier molecular flexibility index (Phi) is 4.98. The fraction of sp³-hybridized carbons (Fsp3) is 0.125. The van der Waals surface area contributed by atoms with Crippen LogP contribution in [0.5, 0.6) is 0 Å². The molecule has 0 fully saturated rings. The van der Waals surface area contributed by atoms with Gasteiger partial charge in [0.2, 0.25) is 5.82 Å². The number of aromatic nitrogens is 3. The molecule has 0 radical (unpaired) electrons. The average molecular weight is 414 g/mol. The smallest absolute Gasteiger partial charge is 0.329 e. The first-order valence-electron chi connectivity index (χ1n) is 7.46. The van der Waals surface area contributed by atoms with Crippen molar-refractivity contribution in [3.8, 4) is 11.4 Å². The van der Waals surface area contributed by atoms with E-state index in [1.54, 1.807) is 0 Å². The largest absolute Gasteiger partial charge is 0.471 e. The molecule has 28 heavy (non-hydrogen) atoms. The lowest BCUT2D eigenvalue weighted by molar-refractivity contribution is -0.159. The Labute approximate surface area is 155 Å². The fourth-order valence-electron chi connectivity index (χ4n) is 2.11. The van der Waals surface area contributed by atoms with E-state index < -0.39 is 33.5 Å². The first-order valence-corrected chi connectivity index (χ1v) is 9.38. The maximum Gasteiger partial charge on any atom is 0.471 e. The molecule has 0 spiro atoms. The quantitative estimate of drug-likeness (QED) is 0.608. The van der Waals surface area contributed by atoms with Crippen LogP contribution in [0.2, 0.25) is 0 Å². The summed E-state index contributed by atoms with van der Waals surface area (Å²) in [6, 6.07) is 7.56. The lowest BCUT2D eigenvalue weighted by Gasteiger charge is -2.05. The van der Waals surface area contributed by atoms with E-state index in [2.05, 4.69) is 24.0 Å². The molecule has 3 rings (SSSR count). The van der Waals surface area contributed by atoms with E-state index in [0.29, 0.717) is 0 Å². The number of hydrogen-bond donors (Lipinski definition) is 0. The summed E-state index contributed by atoms with van der Waals surface area (Å²) >= 11 is 0. The molecule has 0 bridgehead atoms. The first kappa shape index (κ1) is 19.6. The van der Waals surface area contributed by atoms with Crippen LogP contribution in [-0.2, 0) is 15.9 Å². The van der Waals surface area contributed by atoms with Gasteiger partial charge in [0.05, 0.1) is 14.6 Å². The molecule has 1 amide bonds. The normalized spacial score (nSPS) is 13.8. The summed E-state index contributed by atoms with van der Waals surface area (Å²) in [4.78, 5) is 18.9. The van der Waals surface area contributed by atoms with Crippen molar-refractivity contribution in [2.24, 2.45) is 4.36 Å². The summed E-state index contributed by atoms with van der Waals surface area (Å²) in [7, 11) is -3.37. The molecule has 2 heterocycles. The van der Waals surface area contributed by atoms with E-state index in [1.807, 2.05) is 0 Å². The third-order valence-corrected chi connectivity index (χ3v) is 5.07. The van der Waals surface area contributed by atoms with Crippen LogP contribution in [0.15, 0.2) is 56.4 Å². The van der Waals surface area contributed by atoms with Crippen LogP contribution in [0.1, 0.15) is 16.4 Å². The molecule has 0 saturated heterocycles. The highest BCUT2D eigenvalue weighted by molar-refractivity contribution is 7.93. The molecule has 0 aliphatic heterocycles. The second kappa shape index (κ2) is 7.11. The predicted octanol–water partition coefficient (Wildman–Crippen LogP) is 3.59. The molecule has 3 aromatic rings. The monoisotopic (exact) mass is 414 g/mol. The number of benzene rings is 1. The van der Waals surface area contributed by atoms with Gasteiger partial charge in [0.1, 0.15) is 11.5 Å². The van der Waals surface area contributed by atoms with Crippen LogP contribution in [0, 0.1) is 5.82 Å². The number of halogens is 4. The van der Waals surface area contributed by atoms with Gasteiger partial charge in [0.25, 0.3) is 0 Å². The number of alkyl halides is 3. The molecule has 1 aromatic carbocycles. The molecular formula is C16H10F4N4O3S. The highest BCUT2D eigenvalue weighted by atomic mass is 32.2. The van der Waals surface area contributed by atoms with Gasteiger partial charge < -0.3 is 4.52 Å². The zero-order valence-corrected chi connectivity index (χ0v) is 14.8. The minimum Gasteiger partial charge on any atom is -0.329 e. The zero-order valence-electron chi connectivity index (χ0n) is 14.0. The van der Waals surface area contributed by atoms with Crippen molar-refractivity contribution in [2.45, 2.75) is 11.1 Å². The summed E-state index contributed by atoms with van der Waals surface area (Å²) in [5, 5.41) is 3.19. The van der Waals surface area contributed by atoms with Gasteiger partial charge in [-0.05, 0) is 24.3 Å². The molecule has 1 unspecified atom stereocenters. The Morgan fingerprint density at radius 2 is 1.89 bits per heavy atom. The van der Waals surface area contributed by atoms with E-state index in [0.717, 1.165) is 24.6 Å². The highest BCUT2D eigenvalue weighted by Gasteiger charge is 2.38. The zero-order chi connectivity index (χ0) is 20.5. The molecule has 0 aliphatic rings. The van der Waals surface area contributed by atoms with Crippen molar-refractivity contribution in [1.82, 2.24) is 15.1 Å². The average Bonchev–Trinajstić information content (AvgIpc) is 3.12. The highest BCUT2D eigenvalue weighted by Crippen LogP contribution is 2.29. The second-order valence-corrected chi connectivity index (χ2v) is 7.71. The molecule has 0 aliphatic carbocycles. The minimum absolute atomic E-state index is 0.0575. The van der Waals surface area contributed by atoms with E-state index >= 15 is 0 Å². The second-order valence-electron chi connectivity index (χ2n) is 5.48. The Bertz CT molecular complexity index is 1150. The van der Waals surface area contributed by atoms with Gasteiger partial charge in [-0.25, -0.2) is 8.60 Å². The SMILES string of the molecule is CS(=O)(=NC(=O)c1ccc(-c2noc(C(F)(F)F)n2)cn1)c1ccccc1F. The molecule has 0 saturated carbocycles. The number of hydrogen-bond acceptors (Lipinski definition) is 6. The van der Waals surface area contributed by atoms with Crippen LogP contribution in [0.3, 0.4) is 0 Å². The third-order valence-electron chi connectivity index (χ3n) is 3.41. The van der Waals surface area contributed by atoms with Gasteiger partial charge in [0, 0.05) is 18.0 Å². The Hall–Kier alpha value is -3.15. The Morgan fingerprint density at radius 1 is 1.18 bits per heavy atom. The topological polar surface area (TPSA) is 98.3 Å². The van der Waals surface area contributed by atoms with Gasteiger partial charge in [-0.15, -0.1) is 0 Å². The van der Waals surface area contributed by atoms with Crippen molar-refractivity contribution in [1.29, 1.82) is 0 Å². The molecule has 1 atom stereocenters. The minimum atomic E-state index is -4.79. The lowest BCUT2D eigenvalue weighted by atomic mass is 10.2. The van der Waals surface area contributed by atoms with Gasteiger partial charge in [-0.1, -0.05) is 17.3 Å². The van der Waals surface area contributed by atoms with Crippen LogP contribution < -0.4 is 0 Å². The molecule has 146 valence electrons. The number of nitrogens with zero attached hydrogens (tertiary/aromatic N) is 4. The van der Waals surface area contributed by atoms with Gasteiger partial charge in [-0.3, -0.25) is 9.78 Å². The molecule has 12 heteroatoms. The van der Waals surface area contributed by atoms with Gasteiger partial charge in [-0.2, -0.15) is 22.5 Å². The third kappa shape index (κ3) is 4.06. The summed E-state index contributed by atoms with van der Waals surface area (Å²) in [5.41, 5.74) is -0.184.